The zero-order valence-corrected chi connectivity index (χ0v) is 5.15. The van der Waals surface area contributed by atoms with Crippen LogP contribution in [-0.4, -0.2) is 10.8 Å². The fourth-order valence-corrected chi connectivity index (χ4v) is 0.895. The van der Waals surface area contributed by atoms with E-state index in [1.807, 2.05) is 0 Å². The third-order valence-electron chi connectivity index (χ3n) is 1.40. The molecule has 0 saturated carbocycles. The van der Waals surface area contributed by atoms with Gasteiger partial charge in [-0.1, -0.05) is 0 Å². The zero-order chi connectivity index (χ0) is 6.97. The van der Waals surface area contributed by atoms with Crippen molar-refractivity contribution in [3.8, 4) is 0 Å². The molecule has 1 heterocycles. The van der Waals surface area contributed by atoms with Gasteiger partial charge in [-0.2, -0.15) is 0 Å². The van der Waals surface area contributed by atoms with Gasteiger partial charge < -0.3 is 5.11 Å². The summed E-state index contributed by atoms with van der Waals surface area (Å²) in [6.07, 6.45) is 3.77. The molecule has 1 aliphatic carbocycles. The first-order valence-electron chi connectivity index (χ1n) is 2.94. The Kier molecular flexibility index (Phi) is 0.943. The molecule has 0 unspecified atom stereocenters. The fourth-order valence-electron chi connectivity index (χ4n) is 0.895. The summed E-state index contributed by atoms with van der Waals surface area (Å²) in [5, 5.41) is 19.9. The van der Waals surface area contributed by atoms with Crippen molar-refractivity contribution in [3.63, 3.8) is 0 Å². The first-order valence-corrected chi connectivity index (χ1v) is 2.94. The summed E-state index contributed by atoms with van der Waals surface area (Å²) < 4.78 is 0. The van der Waals surface area contributed by atoms with Crippen LogP contribution in [0.5, 0.6) is 0 Å². The monoisotopic (exact) mass is 135 g/mol. The molecule has 4 nitrogen and oxygen atoms in total. The Balaban J connectivity index is 2.42. The maximum atomic E-state index is 9.01. The van der Waals surface area contributed by atoms with Gasteiger partial charge in [-0.05, 0) is 17.4 Å². The molecule has 0 spiro atoms. The van der Waals surface area contributed by atoms with E-state index in [9.17, 15) is 0 Å². The third-order valence-corrected chi connectivity index (χ3v) is 1.40. The van der Waals surface area contributed by atoms with Gasteiger partial charge in [0.1, 0.15) is 5.70 Å². The summed E-state index contributed by atoms with van der Waals surface area (Å²) in [5.41, 5.74) is 1.51. The van der Waals surface area contributed by atoms with E-state index in [1.165, 1.54) is 0 Å². The first kappa shape index (κ1) is 5.34. The molecule has 50 valence electrons. The Morgan fingerprint density at radius 2 is 2.30 bits per heavy atom. The van der Waals surface area contributed by atoms with Gasteiger partial charge in [-0.25, -0.2) is 0 Å². The minimum Gasteiger partial charge on any atom is -0.512 e. The van der Waals surface area contributed by atoms with Crippen molar-refractivity contribution in [2.24, 2.45) is 15.4 Å². The number of hydrogen-bond donors (Lipinski definition) is 1. The number of nitrogens with zero attached hydrogens (tertiary/aromatic N) is 3. The van der Waals surface area contributed by atoms with E-state index in [0.29, 0.717) is 12.2 Å². The minimum atomic E-state index is 0.315. The van der Waals surface area contributed by atoms with Crippen LogP contribution in [0.15, 0.2) is 39.0 Å². The highest BCUT2D eigenvalue weighted by atomic mass is 16.3. The molecular weight excluding hydrogens is 130 g/mol. The number of rotatable bonds is 0. The van der Waals surface area contributed by atoms with Gasteiger partial charge >= 0.3 is 0 Å². The van der Waals surface area contributed by atoms with Gasteiger partial charge in [-0.15, -0.1) is 10.2 Å². The molecule has 4 heteroatoms. The fraction of sp³-hybridized carbons (Fsp3) is 0.167. The molecule has 0 aromatic heterocycles. The Morgan fingerprint density at radius 1 is 1.40 bits per heavy atom. The number of aliphatic hydroxyl groups is 1. The molecule has 0 aromatic carbocycles. The smallest absolute Gasteiger partial charge is 0.111 e. The van der Waals surface area contributed by atoms with Crippen molar-refractivity contribution in [2.45, 2.75) is 6.42 Å². The number of fused-ring (bicyclic) bond motifs is 1. The van der Waals surface area contributed by atoms with Crippen LogP contribution in [0.3, 0.4) is 0 Å². The van der Waals surface area contributed by atoms with Crippen molar-refractivity contribution in [3.05, 3.63) is 23.6 Å². The van der Waals surface area contributed by atoms with E-state index in [-0.39, 0.29) is 0 Å². The lowest BCUT2D eigenvalue weighted by molar-refractivity contribution is 0.404. The number of aliphatic hydroxyl groups excluding tert-OH is 1. The van der Waals surface area contributed by atoms with Crippen LogP contribution >= 0.6 is 0 Å². The van der Waals surface area contributed by atoms with E-state index >= 15 is 0 Å². The van der Waals surface area contributed by atoms with Gasteiger partial charge in [0.2, 0.25) is 0 Å². The predicted molar refractivity (Wildman–Crippen MR) is 35.7 cm³/mol. The summed E-state index contributed by atoms with van der Waals surface area (Å²) >= 11 is 0. The summed E-state index contributed by atoms with van der Waals surface area (Å²) in [6, 6.07) is 0. The lowest BCUT2D eigenvalue weighted by Gasteiger charge is -2.02. The topological polar surface area (TPSA) is 57.3 Å². The largest absolute Gasteiger partial charge is 0.512 e. The van der Waals surface area contributed by atoms with Crippen LogP contribution in [0.25, 0.3) is 0 Å². The van der Waals surface area contributed by atoms with Crippen LogP contribution in [0.2, 0.25) is 0 Å². The number of allylic oxidation sites excluding steroid dienone is 4. The van der Waals surface area contributed by atoms with Crippen LogP contribution < -0.4 is 0 Å². The maximum absolute atomic E-state index is 9.01. The molecule has 0 saturated heterocycles. The summed E-state index contributed by atoms with van der Waals surface area (Å²) in [7, 11) is 0. The molecule has 0 aromatic rings. The van der Waals surface area contributed by atoms with Gasteiger partial charge in [0.05, 0.1) is 17.9 Å². The maximum Gasteiger partial charge on any atom is 0.111 e. The Hall–Kier alpha value is -1.45. The molecule has 1 N–H and O–H groups in total. The molecule has 2 aliphatic rings. The zero-order valence-electron chi connectivity index (χ0n) is 5.15. The second kappa shape index (κ2) is 1.76. The summed E-state index contributed by atoms with van der Waals surface area (Å²) in [4.78, 5) is 0. The van der Waals surface area contributed by atoms with Gasteiger partial charge in [0.15, 0.2) is 0 Å². The second-order valence-corrected chi connectivity index (χ2v) is 2.12. The van der Waals surface area contributed by atoms with Crippen LogP contribution in [-0.2, 0) is 0 Å². The highest BCUT2D eigenvalue weighted by molar-refractivity contribution is 6.02. The van der Waals surface area contributed by atoms with E-state index in [1.54, 1.807) is 12.2 Å². The molecule has 1 aliphatic heterocycles. The van der Waals surface area contributed by atoms with Crippen LogP contribution in [0, 0.1) is 0 Å². The molecular formula is C6H5N3O. The Bertz CT molecular complexity index is 285. The van der Waals surface area contributed by atoms with Crippen molar-refractivity contribution < 1.29 is 5.11 Å². The highest BCUT2D eigenvalue weighted by Crippen LogP contribution is 2.19. The van der Waals surface area contributed by atoms with Crippen molar-refractivity contribution in [1.82, 2.24) is 0 Å². The average molecular weight is 135 g/mol. The highest BCUT2D eigenvalue weighted by Gasteiger charge is 2.16. The minimum absolute atomic E-state index is 0.315. The quantitative estimate of drug-likeness (QED) is 0.538. The molecule has 0 bridgehead atoms. The van der Waals surface area contributed by atoms with Crippen LogP contribution in [0.1, 0.15) is 6.42 Å². The van der Waals surface area contributed by atoms with Crippen LogP contribution in [0.4, 0.5) is 0 Å². The van der Waals surface area contributed by atoms with E-state index < -0.39 is 0 Å². The van der Waals surface area contributed by atoms with E-state index in [2.05, 4.69) is 15.4 Å². The molecule has 0 radical (unpaired) electrons. The average Bonchev–Trinajstić information content (AvgIpc) is 2.33. The molecule has 10 heavy (non-hydrogen) atoms. The molecule has 0 fully saturated rings. The SMILES string of the molecule is OC1=CC=C2N=NN=C2C1. The lowest BCUT2D eigenvalue weighted by Crippen LogP contribution is -2.03. The van der Waals surface area contributed by atoms with Crippen molar-refractivity contribution in [1.29, 1.82) is 0 Å². The summed E-state index contributed by atoms with van der Waals surface area (Å²) in [6.45, 7) is 0. The Morgan fingerprint density at radius 3 is 3.20 bits per heavy atom. The lowest BCUT2D eigenvalue weighted by atomic mass is 10.1. The second-order valence-electron chi connectivity index (χ2n) is 2.12. The number of hydrogen-bond acceptors (Lipinski definition) is 4. The molecule has 2 rings (SSSR count). The molecule has 0 amide bonds. The third kappa shape index (κ3) is 0.655. The van der Waals surface area contributed by atoms with Crippen molar-refractivity contribution in [2.75, 3.05) is 0 Å². The Labute approximate surface area is 57.3 Å². The normalized spacial score (nSPS) is 21.4. The summed E-state index contributed by atoms with van der Waals surface area (Å²) in [5.74, 6) is 0.315. The van der Waals surface area contributed by atoms with Gasteiger partial charge in [0, 0.05) is 0 Å². The first-order chi connectivity index (χ1) is 4.86. The standard InChI is InChI=1S/C6H5N3O/c10-4-1-2-5-6(3-4)8-9-7-5/h1-2,10H,3H2. The van der Waals surface area contributed by atoms with E-state index in [0.717, 1.165) is 11.4 Å². The van der Waals surface area contributed by atoms with E-state index in [4.69, 9.17) is 5.11 Å². The van der Waals surface area contributed by atoms with Gasteiger partial charge in [0.25, 0.3) is 0 Å². The predicted octanol–water partition coefficient (Wildman–Crippen LogP) is 1.54. The van der Waals surface area contributed by atoms with Crippen molar-refractivity contribution >= 4 is 5.71 Å². The molecule has 0 atom stereocenters. The van der Waals surface area contributed by atoms with Gasteiger partial charge in [-0.3, -0.25) is 0 Å².